The topological polar surface area (TPSA) is 462 Å². The largest absolute Gasteiger partial charge is 0.483 e. The highest BCUT2D eigenvalue weighted by atomic mass is 35.5. The van der Waals surface area contributed by atoms with Gasteiger partial charge in [-0.1, -0.05) is 86.6 Å². The number of carbonyl (C=O) groups is 1. The second-order valence-electron chi connectivity index (χ2n) is 15.3. The summed E-state index contributed by atoms with van der Waals surface area (Å²) in [6, 6.07) is 36.7. The first-order chi connectivity index (χ1) is 39.6. The van der Waals surface area contributed by atoms with Crippen LogP contribution in [0.25, 0.3) is 0 Å². The number of hydrogen-bond acceptors (Lipinski definition) is 20. The average molecular weight is 1320 g/mol. The lowest BCUT2D eigenvalue weighted by Gasteiger charge is -2.19. The third kappa shape index (κ3) is 27.6. The number of fused-ring (bicyclic) bond motifs is 2. The number of nitrogens with one attached hydrogen (secondary N) is 3. The van der Waals surface area contributed by atoms with Crippen LogP contribution in [0.5, 0.6) is 0 Å². The molecule has 5 aromatic carbocycles. The summed E-state index contributed by atoms with van der Waals surface area (Å²) in [6.07, 6.45) is 2.93. The Labute approximate surface area is 514 Å². The molecule has 0 fully saturated rings. The zero-order valence-electron chi connectivity index (χ0n) is 46.2. The number of nitro groups is 2. The number of rotatable bonds is 9. The standard InChI is InChI=1S/C12H11ClN4O2S.C8H10N2O2S.C8H10N2O2.C8H12N2.C6H4FNO2.C4H2Cl2N2.C2H7N.CH2O2.CH4.H4N2O2S.H3N/c1-2-16-9-5-3-4-6-10(9)17(20(16,18)19)11-7-8-14-12(13)15-11;1-2-10-8-6-4-3-5-7(8)9-13(10,11)12;1-2-9-7-5-3-4-6-8(7)10(11)12;1-2-10-8-6-4-3-5-7(8)9;7-5-3-1-2-4-6(5)8(9)10;5-3-1-2-7-4(6)8-3;1-2-3;2-1-3;;1-5(2,3)4;/h3-8H,2H2,1H3;3-6,9H,2H2,1H3;3-6,9H,2H2,1H3;3-6,10H,2,9H2,1H3;1-4H;1-2H;2-3H2,1H3;1H,(H,2,3);1H4;(H4,1,2,3,4);1H3. The van der Waals surface area contributed by atoms with E-state index in [-0.39, 0.29) is 42.1 Å². The van der Waals surface area contributed by atoms with Crippen LogP contribution in [0, 0.1) is 26.0 Å². The second-order valence-corrected chi connectivity index (χ2v) is 20.8. The van der Waals surface area contributed by atoms with E-state index in [1.165, 1.54) is 49.6 Å². The number of anilines is 8. The van der Waals surface area contributed by atoms with Crippen LogP contribution in [-0.2, 0) is 35.4 Å². The Kier molecular flexibility index (Phi) is 37.8. The number of nitro benzene ring substituents is 2. The number of aromatic nitrogens is 4. The third-order valence-electron chi connectivity index (χ3n) is 9.41. The van der Waals surface area contributed by atoms with Gasteiger partial charge in [0.05, 0.1) is 44.0 Å². The van der Waals surface area contributed by atoms with Crippen molar-refractivity contribution >= 4 is 129 Å². The van der Waals surface area contributed by atoms with Crippen LogP contribution in [0.4, 0.5) is 61.4 Å². The van der Waals surface area contributed by atoms with E-state index < -0.39 is 52.0 Å². The van der Waals surface area contributed by atoms with Gasteiger partial charge in [0, 0.05) is 56.8 Å². The molecule has 472 valence electrons. The Morgan fingerprint density at radius 1 is 0.674 bits per heavy atom. The Hall–Kier alpha value is -8.38. The fraction of sp³-hybridized carbons (Fsp3) is 0.220. The van der Waals surface area contributed by atoms with E-state index in [4.69, 9.17) is 56.2 Å². The van der Waals surface area contributed by atoms with Gasteiger partial charge in [-0.05, 0) is 112 Å². The van der Waals surface area contributed by atoms with Crippen molar-refractivity contribution in [3.8, 4) is 0 Å². The number of nitrogens with two attached hydrogens (primary N) is 4. The number of carboxylic acid groups (broad SMARTS) is 1. The number of para-hydroxylation sites is 9. The number of halogens is 4. The maximum Gasteiger partial charge on any atom is 0.332 e. The fourth-order valence-electron chi connectivity index (χ4n) is 6.39. The van der Waals surface area contributed by atoms with Gasteiger partial charge in [-0.15, -0.1) is 0 Å². The summed E-state index contributed by atoms with van der Waals surface area (Å²) >= 11 is 16.5. The van der Waals surface area contributed by atoms with E-state index in [0.29, 0.717) is 47.5 Å². The molecule has 2 aromatic heterocycles. The summed E-state index contributed by atoms with van der Waals surface area (Å²) in [7, 11) is -10.7. The molecule has 2 aliphatic rings. The van der Waals surface area contributed by atoms with Crippen molar-refractivity contribution < 1.29 is 49.4 Å². The predicted molar refractivity (Wildman–Crippen MR) is 339 cm³/mol. The summed E-state index contributed by atoms with van der Waals surface area (Å²) in [5.74, 6) is -0.569. The molecule has 29 nitrogen and oxygen atoms in total. The minimum absolute atomic E-state index is 0. The van der Waals surface area contributed by atoms with E-state index >= 15 is 0 Å². The molecule has 0 bridgehead atoms. The first-order valence-corrected chi connectivity index (χ1v) is 29.7. The zero-order valence-corrected chi connectivity index (χ0v) is 50.9. The molecule has 0 aliphatic carbocycles. The summed E-state index contributed by atoms with van der Waals surface area (Å²) in [6.45, 7) is 12.3. The summed E-state index contributed by atoms with van der Waals surface area (Å²) in [4.78, 5) is 42.6. The van der Waals surface area contributed by atoms with Gasteiger partial charge in [-0.2, -0.15) is 34.6 Å². The Morgan fingerprint density at radius 2 is 1.09 bits per heavy atom. The zero-order chi connectivity index (χ0) is 63.6. The molecule has 0 amide bonds. The molecule has 0 unspecified atom stereocenters. The molecule has 0 saturated heterocycles. The molecule has 4 heterocycles. The summed E-state index contributed by atoms with van der Waals surface area (Å²) in [5, 5.41) is 42.2. The van der Waals surface area contributed by atoms with Crippen LogP contribution in [-0.4, -0.2) is 99.3 Å². The molecule has 36 heteroatoms. The summed E-state index contributed by atoms with van der Waals surface area (Å²) < 4.78 is 85.3. The maximum absolute atomic E-state index is 12.6. The van der Waals surface area contributed by atoms with Gasteiger partial charge in [0.1, 0.15) is 10.8 Å². The van der Waals surface area contributed by atoms with Crippen LogP contribution < -0.4 is 56.2 Å². The number of benzene rings is 5. The Bertz CT molecular complexity index is 3520. The molecular weight excluding hydrogens is 1250 g/mol. The minimum atomic E-state index is -3.69. The van der Waals surface area contributed by atoms with Crippen molar-refractivity contribution in [3.63, 3.8) is 0 Å². The molecule has 0 saturated carbocycles. The fourth-order valence-corrected chi connectivity index (χ4v) is 9.84. The Balaban J connectivity index is 0. The quantitative estimate of drug-likeness (QED) is 0.0162. The van der Waals surface area contributed by atoms with Gasteiger partial charge < -0.3 is 33.4 Å². The smallest absolute Gasteiger partial charge is 0.332 e. The normalized spacial score (nSPS) is 11.9. The predicted octanol–water partition coefficient (Wildman–Crippen LogP) is 9.39. The van der Waals surface area contributed by atoms with Crippen molar-refractivity contribution in [1.29, 1.82) is 0 Å². The van der Waals surface area contributed by atoms with Gasteiger partial charge in [0.2, 0.25) is 16.4 Å². The van der Waals surface area contributed by atoms with Gasteiger partial charge in [0.25, 0.3) is 22.4 Å². The van der Waals surface area contributed by atoms with E-state index in [9.17, 15) is 49.9 Å². The molecule has 0 radical (unpaired) electrons. The summed E-state index contributed by atoms with van der Waals surface area (Å²) in [5.41, 5.74) is 15.1. The van der Waals surface area contributed by atoms with E-state index in [1.807, 2.05) is 51.1 Å². The number of nitrogen functional groups attached to an aromatic ring is 1. The molecular formula is C50H69Cl3FN17O12S3. The molecule has 0 atom stereocenters. The SMILES string of the molecule is C.CCN.CCN1c2ccccc2N(c2ccnc(Cl)n2)S1(=O)=O.CCN1c2ccccc2NS1(=O)=O.CCNc1ccccc1N.CCNc1ccccc1[N+](=O)[O-].Clc1ccnc(Cl)n1.N.NS(N)(=O)=O.O=CO.O=[N+]([O-])c1ccccc1F. The second kappa shape index (κ2) is 40.8. The third-order valence-corrected chi connectivity index (χ3v) is 13.4. The lowest BCUT2D eigenvalue weighted by atomic mass is 10.2. The highest BCUT2D eigenvalue weighted by Gasteiger charge is 2.41. The van der Waals surface area contributed by atoms with Crippen LogP contribution in [0.2, 0.25) is 15.7 Å². The van der Waals surface area contributed by atoms with Gasteiger partial charge in [-0.25, -0.2) is 29.5 Å². The molecule has 7 aromatic rings. The van der Waals surface area contributed by atoms with Crippen LogP contribution >= 0.6 is 34.8 Å². The van der Waals surface area contributed by atoms with Crippen molar-refractivity contribution in [2.75, 3.05) is 66.7 Å². The number of hydrogen-bond donors (Lipinski definition) is 9. The van der Waals surface area contributed by atoms with Gasteiger partial charge in [0.15, 0.2) is 5.82 Å². The van der Waals surface area contributed by atoms with Gasteiger partial charge in [-0.3, -0.25) is 38.4 Å². The minimum Gasteiger partial charge on any atom is -0.483 e. The van der Waals surface area contributed by atoms with Gasteiger partial charge >= 0.3 is 26.1 Å². The van der Waals surface area contributed by atoms with E-state index in [2.05, 4.69) is 45.6 Å². The van der Waals surface area contributed by atoms with E-state index in [0.717, 1.165) is 42.3 Å². The molecule has 9 rings (SSSR count). The van der Waals surface area contributed by atoms with Crippen molar-refractivity contribution in [3.05, 3.63) is 188 Å². The van der Waals surface area contributed by atoms with Crippen LogP contribution in [0.15, 0.2) is 146 Å². The maximum atomic E-state index is 12.6. The molecule has 0 spiro atoms. The molecule has 2 aliphatic heterocycles. The van der Waals surface area contributed by atoms with E-state index in [1.54, 1.807) is 80.6 Å². The van der Waals surface area contributed by atoms with Crippen molar-refractivity contribution in [2.24, 2.45) is 16.0 Å². The van der Waals surface area contributed by atoms with Crippen molar-refractivity contribution in [2.45, 2.75) is 42.0 Å². The average Bonchev–Trinajstić information content (AvgIpc) is 1.67. The highest BCUT2D eigenvalue weighted by Crippen LogP contribution is 2.44. The van der Waals surface area contributed by atoms with Crippen molar-refractivity contribution in [1.82, 2.24) is 26.1 Å². The Morgan fingerprint density at radius 3 is 1.53 bits per heavy atom. The lowest BCUT2D eigenvalue weighted by Crippen LogP contribution is -2.35. The molecule has 86 heavy (non-hydrogen) atoms. The highest BCUT2D eigenvalue weighted by molar-refractivity contribution is 7.95. The lowest BCUT2D eigenvalue weighted by molar-refractivity contribution is -0.387. The van der Waals surface area contributed by atoms with Crippen LogP contribution in [0.1, 0.15) is 42.0 Å². The first kappa shape index (κ1) is 79.7. The molecule has 15 N–H and O–H groups in total. The number of nitrogens with zero attached hydrogens (tertiary/aromatic N) is 9. The van der Waals surface area contributed by atoms with Crippen LogP contribution in [0.3, 0.4) is 0 Å². The first-order valence-electron chi connectivity index (χ1n) is 24.1. The monoisotopic (exact) mass is 1320 g/mol.